The first-order chi connectivity index (χ1) is 36.9. The molecule has 2 aliphatic rings. The molecule has 6 aromatic rings. The van der Waals surface area contributed by atoms with Crippen LogP contribution in [0, 0.1) is 6.92 Å². The minimum atomic E-state index is -6.05. The van der Waals surface area contributed by atoms with Crippen LogP contribution in [0.3, 0.4) is 0 Å². The number of hydrogen-bond donors (Lipinski definition) is 5. The highest BCUT2D eigenvalue weighted by Crippen LogP contribution is 2.44. The van der Waals surface area contributed by atoms with Crippen molar-refractivity contribution in [2.24, 2.45) is 0 Å². The molecule has 0 saturated carbocycles. The number of aromatic nitrogens is 1. The van der Waals surface area contributed by atoms with Crippen molar-refractivity contribution in [1.29, 1.82) is 0 Å². The number of thioether (sulfide) groups is 1. The Balaban J connectivity index is 0.981. The minimum absolute atomic E-state index is 0.0874. The van der Waals surface area contributed by atoms with Gasteiger partial charge in [0.2, 0.25) is 0 Å². The van der Waals surface area contributed by atoms with Crippen LogP contribution in [0.5, 0.6) is 0 Å². The Hall–Kier alpha value is -5.55. The zero-order valence-electron chi connectivity index (χ0n) is 42.9. The van der Waals surface area contributed by atoms with Gasteiger partial charge in [0.1, 0.15) is 4.90 Å². The summed E-state index contributed by atoms with van der Waals surface area (Å²) in [4.78, 5) is 38.3. The van der Waals surface area contributed by atoms with Crippen molar-refractivity contribution in [2.45, 2.75) is 78.4 Å². The van der Waals surface area contributed by atoms with E-state index in [9.17, 15) is 54.3 Å². The van der Waals surface area contributed by atoms with E-state index in [2.05, 4.69) is 24.7 Å². The number of ether oxygens (including phenoxy) is 1. The Morgan fingerprint density at radius 2 is 1.46 bits per heavy atom. The fraction of sp³-hybridized carbons (Fsp3) is 0.352. The van der Waals surface area contributed by atoms with Crippen molar-refractivity contribution in [3.05, 3.63) is 138 Å². The Kier molecular flexibility index (Phi) is 18.4. The van der Waals surface area contributed by atoms with E-state index >= 15 is 0 Å². The Morgan fingerprint density at radius 1 is 0.821 bits per heavy atom. The molecule has 5 aromatic carbocycles. The summed E-state index contributed by atoms with van der Waals surface area (Å²) in [7, 11) is -15.4. The average Bonchev–Trinajstić information content (AvgIpc) is 3.98. The number of piperazine rings is 1. The average molecular weight is 1170 g/mol. The normalized spacial score (nSPS) is 15.6. The fourth-order valence-corrected chi connectivity index (χ4v) is 13.3. The Morgan fingerprint density at radius 3 is 2.08 bits per heavy atom. The van der Waals surface area contributed by atoms with Gasteiger partial charge in [-0.25, -0.2) is 21.6 Å². The quantitative estimate of drug-likeness (QED) is 0.0273. The van der Waals surface area contributed by atoms with Gasteiger partial charge >= 0.3 is 19.1 Å². The fourth-order valence-electron chi connectivity index (χ4n) is 9.77. The molecule has 1 aromatic heterocycles. The van der Waals surface area contributed by atoms with Gasteiger partial charge in [0.05, 0.1) is 27.9 Å². The van der Waals surface area contributed by atoms with Crippen LogP contribution in [0.2, 0.25) is 5.02 Å². The molecule has 1 unspecified atom stereocenters. The maximum Gasteiger partial charge on any atom is 0.501 e. The number of likely N-dealkylation sites (tertiary alicyclic amines) is 1. The van der Waals surface area contributed by atoms with Crippen molar-refractivity contribution in [3.63, 3.8) is 0 Å². The maximum atomic E-state index is 14.3. The molecule has 0 amide bonds. The van der Waals surface area contributed by atoms with Crippen molar-refractivity contribution in [3.8, 4) is 22.4 Å². The van der Waals surface area contributed by atoms with Crippen LogP contribution in [0.4, 0.5) is 35.9 Å². The third kappa shape index (κ3) is 14.1. The number of alkyl halides is 3. The second-order valence-corrected chi connectivity index (χ2v) is 26.2. The van der Waals surface area contributed by atoms with Crippen LogP contribution in [-0.2, 0) is 29.2 Å². The zero-order valence-corrected chi connectivity index (χ0v) is 47.0. The lowest BCUT2D eigenvalue weighted by Crippen LogP contribution is -2.46. The number of nitrogens with zero attached hydrogens (tertiary/aromatic N) is 4. The summed E-state index contributed by atoms with van der Waals surface area (Å²) in [5.74, 6) is -0.531. The van der Waals surface area contributed by atoms with E-state index in [4.69, 9.17) is 16.3 Å². The summed E-state index contributed by atoms with van der Waals surface area (Å²) in [5.41, 5.74) is -1.08. The molecule has 418 valence electrons. The number of sulfonamides is 1. The largest absolute Gasteiger partial charge is 0.501 e. The van der Waals surface area contributed by atoms with Crippen LogP contribution < -0.4 is 19.8 Å². The second kappa shape index (κ2) is 24.4. The van der Waals surface area contributed by atoms with E-state index in [1.807, 2.05) is 85.1 Å². The number of aliphatic hydroxyl groups excluding tert-OH is 1. The van der Waals surface area contributed by atoms with E-state index in [-0.39, 0.29) is 23.0 Å². The molecule has 2 aliphatic heterocycles. The first-order valence-corrected chi connectivity index (χ1v) is 31.3. The molecule has 0 aliphatic carbocycles. The van der Waals surface area contributed by atoms with E-state index < -0.39 is 67.2 Å². The molecule has 2 saturated heterocycles. The first kappa shape index (κ1) is 58.6. The number of benzene rings is 5. The Labute approximate surface area is 461 Å². The zero-order chi connectivity index (χ0) is 56.2. The summed E-state index contributed by atoms with van der Waals surface area (Å²) in [6, 6.07) is 32.5. The van der Waals surface area contributed by atoms with Crippen LogP contribution in [0.1, 0.15) is 55.2 Å². The highest BCUT2D eigenvalue weighted by molar-refractivity contribution is 7.99. The maximum absolute atomic E-state index is 14.3. The molecule has 8 rings (SSSR count). The number of piperidine rings is 1. The van der Waals surface area contributed by atoms with Crippen molar-refractivity contribution < 1.29 is 59.0 Å². The third-order valence-corrected chi connectivity index (χ3v) is 18.5. The van der Waals surface area contributed by atoms with Gasteiger partial charge in [-0.05, 0) is 130 Å². The molecular formula is C54H61ClF3N6O10PS3. The summed E-state index contributed by atoms with van der Waals surface area (Å²) in [5, 5.41) is 13.5. The third-order valence-electron chi connectivity index (χ3n) is 13.7. The predicted octanol–water partition coefficient (Wildman–Crippen LogP) is 10.5. The molecular weight excluding hydrogens is 1110 g/mol. The molecule has 5 N–H and O–H groups in total. The highest BCUT2D eigenvalue weighted by Gasteiger charge is 2.48. The number of esters is 1. The second-order valence-electron chi connectivity index (χ2n) is 19.5. The molecule has 24 heteroatoms. The van der Waals surface area contributed by atoms with Gasteiger partial charge in [0.15, 0.2) is 6.35 Å². The predicted molar refractivity (Wildman–Crippen MR) is 300 cm³/mol. The number of carbonyl (C=O) groups is 1. The molecule has 1 atom stereocenters. The van der Waals surface area contributed by atoms with E-state index in [1.54, 1.807) is 31.2 Å². The van der Waals surface area contributed by atoms with Gasteiger partial charge in [-0.1, -0.05) is 54.1 Å². The van der Waals surface area contributed by atoms with Gasteiger partial charge in [0.25, 0.3) is 19.9 Å². The van der Waals surface area contributed by atoms with Crippen LogP contribution >= 0.6 is 31.0 Å². The van der Waals surface area contributed by atoms with E-state index in [0.29, 0.717) is 104 Å². The molecule has 0 spiro atoms. The number of sulfone groups is 1. The van der Waals surface area contributed by atoms with Gasteiger partial charge in [-0.3, -0.25) is 9.29 Å². The summed E-state index contributed by atoms with van der Waals surface area (Å²) < 4.78 is 118. The minimum Gasteiger partial charge on any atom is -0.449 e. The Bertz CT molecular complexity index is 3350. The lowest BCUT2D eigenvalue weighted by atomic mass is 9.96. The smallest absolute Gasteiger partial charge is 0.449 e. The monoisotopic (exact) mass is 1170 g/mol. The molecule has 0 radical (unpaired) electrons. The van der Waals surface area contributed by atoms with Crippen LogP contribution in [-0.4, -0.2) is 123 Å². The first-order valence-electron chi connectivity index (χ1n) is 25.1. The van der Waals surface area contributed by atoms with Gasteiger partial charge < -0.3 is 44.2 Å². The van der Waals surface area contributed by atoms with Gasteiger partial charge in [-0.2, -0.15) is 13.2 Å². The van der Waals surface area contributed by atoms with Gasteiger partial charge in [-0.15, -0.1) is 11.8 Å². The summed E-state index contributed by atoms with van der Waals surface area (Å²) in [6.07, 6.45) is 0.0980. The van der Waals surface area contributed by atoms with E-state index in [1.165, 1.54) is 23.9 Å². The van der Waals surface area contributed by atoms with Crippen LogP contribution in [0.15, 0.2) is 136 Å². The number of nitrogens with one attached hydrogen (secondary N) is 2. The van der Waals surface area contributed by atoms with Crippen molar-refractivity contribution in [2.75, 3.05) is 77.8 Å². The molecule has 0 bridgehead atoms. The number of carbonyl (C=O) groups excluding carboxylic acids is 1. The highest BCUT2D eigenvalue weighted by atomic mass is 35.5. The number of anilines is 4. The van der Waals surface area contributed by atoms with Crippen molar-refractivity contribution >= 4 is 79.5 Å². The molecule has 78 heavy (non-hydrogen) atoms. The number of aliphatic hydroxyl groups is 1. The molecule has 2 fully saturated rings. The summed E-state index contributed by atoms with van der Waals surface area (Å²) >= 11 is 7.72. The standard InChI is InChI=1S/C54H61ClF3N6O10PS3/c1-36(2)64-37(3)50(53(66)74-35-75(67,68)69)51(52(64)38-12-14-40(55)15-13-38)39-8-7-9-44(32-39)63-30-28-62(29-31-63)43-18-16-41(17-19-43)60-78(72,73)47-20-21-48(49(33-47)77(70,71)54(56,57)58)59-42(34-76-46-10-5-4-6-11-46)22-25-61-26-23-45(65)24-27-61/h4-21,32-33,36,42,45,59-60,65H,22-31,34-35H2,1-3H3,(H2,67,68,69). The number of hydrogen-bond acceptors (Lipinski definition) is 13. The van der Waals surface area contributed by atoms with Crippen LogP contribution in [0.25, 0.3) is 22.4 Å². The SMILES string of the molecule is Cc1c(C(=O)OCP(=O)(O)O)c(-c2cccc(N3CCN(c4ccc(NS(=O)(=O)c5ccc(NC(CCN6CCC(O)CC6)CSc6ccccc6)c(S(=O)(=O)C(F)(F)F)c5)cc4)CC3)c2)c(-c2ccc(Cl)cc2)n1C(C)C. The van der Waals surface area contributed by atoms with Crippen molar-refractivity contribution in [1.82, 2.24) is 9.47 Å². The number of halogens is 4. The lowest BCUT2D eigenvalue weighted by molar-refractivity contribution is -0.0436. The van der Waals surface area contributed by atoms with Gasteiger partial charge in [0, 0.05) is 102 Å². The van der Waals surface area contributed by atoms with E-state index in [0.717, 1.165) is 34.0 Å². The lowest BCUT2D eigenvalue weighted by Gasteiger charge is -2.37. The molecule has 16 nitrogen and oxygen atoms in total. The molecule has 3 heterocycles. The number of rotatable bonds is 20. The summed E-state index contributed by atoms with van der Waals surface area (Å²) in [6.45, 7) is 9.67. The topological polar surface area (TPSA) is 211 Å².